The molecule has 1 saturated heterocycles. The summed E-state index contributed by atoms with van der Waals surface area (Å²) in [6, 6.07) is 0.440. The number of anilines is 1. The second-order valence-electron chi connectivity index (χ2n) is 7.63. The maximum Gasteiger partial charge on any atom is 0.355 e. The predicted octanol–water partition coefficient (Wildman–Crippen LogP) is 0.190. The molecule has 8 nitrogen and oxygen atoms in total. The molecule has 1 aliphatic carbocycles. The van der Waals surface area contributed by atoms with Crippen molar-refractivity contribution in [3.05, 3.63) is 38.3 Å². The molecule has 1 aliphatic heterocycles. The Labute approximate surface area is 151 Å². The van der Waals surface area contributed by atoms with E-state index in [1.165, 1.54) is 10.7 Å². The molecule has 4 rings (SSSR count). The molecule has 3 heterocycles. The first kappa shape index (κ1) is 17.1. The van der Waals surface area contributed by atoms with Crippen molar-refractivity contribution in [2.45, 2.75) is 45.1 Å². The van der Waals surface area contributed by atoms with E-state index < -0.39 is 5.69 Å². The first-order chi connectivity index (χ1) is 12.4. The molecule has 26 heavy (non-hydrogen) atoms. The fourth-order valence-corrected chi connectivity index (χ4v) is 4.15. The minimum atomic E-state index is -0.542. The van der Waals surface area contributed by atoms with E-state index in [4.69, 9.17) is 5.84 Å². The van der Waals surface area contributed by atoms with Crippen molar-refractivity contribution in [3.8, 4) is 0 Å². The average molecular weight is 358 g/mol. The molecule has 0 amide bonds. The normalized spacial score (nSPS) is 21.5. The van der Waals surface area contributed by atoms with Gasteiger partial charge in [0.1, 0.15) is 12.1 Å². The lowest BCUT2D eigenvalue weighted by atomic mass is 10.0. The number of nitrogens with one attached hydrogen (secondary N) is 1. The summed E-state index contributed by atoms with van der Waals surface area (Å²) in [7, 11) is 1.99. The molecule has 0 bridgehead atoms. The summed E-state index contributed by atoms with van der Waals surface area (Å²) in [4.78, 5) is 31.9. The number of hydrogen-bond donors (Lipinski definition) is 2. The number of nitrogen functional groups attached to an aromatic ring is 1. The second-order valence-corrected chi connectivity index (χ2v) is 7.63. The van der Waals surface area contributed by atoms with Crippen LogP contribution in [0.1, 0.15) is 43.2 Å². The lowest BCUT2D eigenvalue weighted by molar-refractivity contribution is 0.428. The van der Waals surface area contributed by atoms with E-state index in [2.05, 4.69) is 22.1 Å². The number of hydrogen-bond acceptors (Lipinski definition) is 6. The fourth-order valence-electron chi connectivity index (χ4n) is 4.15. The molecule has 2 fully saturated rings. The Morgan fingerprint density at radius 2 is 2.04 bits per heavy atom. The van der Waals surface area contributed by atoms with Gasteiger partial charge in [-0.05, 0) is 52.0 Å². The topological polar surface area (TPSA) is 97.7 Å². The van der Waals surface area contributed by atoms with Gasteiger partial charge in [0.2, 0.25) is 0 Å². The van der Waals surface area contributed by atoms with Gasteiger partial charge >= 0.3 is 5.69 Å². The maximum absolute atomic E-state index is 12.6. The second kappa shape index (κ2) is 6.12. The maximum atomic E-state index is 12.6. The molecule has 140 valence electrons. The van der Waals surface area contributed by atoms with E-state index in [9.17, 15) is 9.59 Å². The van der Waals surface area contributed by atoms with Gasteiger partial charge in [-0.1, -0.05) is 0 Å². The quantitative estimate of drug-likeness (QED) is 0.757. The first-order valence-electron chi connectivity index (χ1n) is 9.28. The molecule has 8 heteroatoms. The van der Waals surface area contributed by atoms with E-state index in [1.807, 2.05) is 14.0 Å². The Morgan fingerprint density at radius 1 is 1.31 bits per heavy atom. The van der Waals surface area contributed by atoms with Crippen molar-refractivity contribution in [2.24, 2.45) is 5.92 Å². The number of nitrogens with zero attached hydrogens (tertiary/aromatic N) is 4. The molecule has 0 radical (unpaired) electrons. The van der Waals surface area contributed by atoms with E-state index in [0.717, 1.165) is 43.7 Å². The summed E-state index contributed by atoms with van der Waals surface area (Å²) in [5.41, 5.74) is 1.33. The summed E-state index contributed by atoms with van der Waals surface area (Å²) >= 11 is 0. The molecule has 2 aliphatic rings. The smallest absolute Gasteiger partial charge is 0.355 e. The van der Waals surface area contributed by atoms with Crippen LogP contribution in [0.15, 0.2) is 15.9 Å². The van der Waals surface area contributed by atoms with E-state index in [1.54, 1.807) is 0 Å². The highest BCUT2D eigenvalue weighted by Gasteiger charge is 2.33. The van der Waals surface area contributed by atoms with Crippen molar-refractivity contribution in [1.29, 1.82) is 0 Å². The summed E-state index contributed by atoms with van der Waals surface area (Å²) < 4.78 is 2.14. The van der Waals surface area contributed by atoms with E-state index in [0.29, 0.717) is 27.7 Å². The highest BCUT2D eigenvalue weighted by molar-refractivity contribution is 5.69. The monoisotopic (exact) mass is 358 g/mol. The standard InChI is InChI=1S/C18H26N6O2/c1-10-15-14(12-4-5-12)17(25)24(19)18(26)23(15)9-21-16(10)22-7-6-13(8-22)11(2)20-3/h9,11-13,20H,4-8,19H2,1-3H3/t11-,13?/m0/s1. The van der Waals surface area contributed by atoms with Crippen LogP contribution in [0.5, 0.6) is 0 Å². The van der Waals surface area contributed by atoms with Gasteiger partial charge in [0.15, 0.2) is 0 Å². The molecule has 2 aromatic rings. The molecule has 0 aromatic carbocycles. The number of aryl methyl sites for hydroxylation is 1. The van der Waals surface area contributed by atoms with Gasteiger partial charge < -0.3 is 16.1 Å². The first-order valence-corrected chi connectivity index (χ1v) is 9.28. The average Bonchev–Trinajstić information content (AvgIpc) is 3.35. The number of nitrogens with two attached hydrogens (primary N) is 1. The minimum absolute atomic E-state index is 0.192. The third-order valence-electron chi connectivity index (χ3n) is 6.02. The number of aromatic nitrogens is 3. The number of fused-ring (bicyclic) bond motifs is 1. The summed E-state index contributed by atoms with van der Waals surface area (Å²) in [6.45, 7) is 6.00. The number of rotatable bonds is 4. The van der Waals surface area contributed by atoms with E-state index >= 15 is 0 Å². The third kappa shape index (κ3) is 2.51. The lowest BCUT2D eigenvalue weighted by Gasteiger charge is -2.23. The van der Waals surface area contributed by atoms with Crippen LogP contribution in [0.25, 0.3) is 5.52 Å². The highest BCUT2D eigenvalue weighted by atomic mass is 16.2. The Morgan fingerprint density at radius 3 is 2.69 bits per heavy atom. The Hall–Kier alpha value is -2.35. The molecule has 2 atom stereocenters. The third-order valence-corrected chi connectivity index (χ3v) is 6.02. The molecule has 1 saturated carbocycles. The van der Waals surface area contributed by atoms with Crippen LogP contribution in [0, 0.1) is 12.8 Å². The zero-order valence-corrected chi connectivity index (χ0v) is 15.5. The SMILES string of the molecule is CN[C@@H](C)C1CCN(c2ncn3c(=O)n(N)c(=O)c(C4CC4)c3c2C)C1. The van der Waals surface area contributed by atoms with Crippen LogP contribution in [0.2, 0.25) is 0 Å². The minimum Gasteiger partial charge on any atom is -0.356 e. The molecule has 0 spiro atoms. The van der Waals surface area contributed by atoms with Gasteiger partial charge in [-0.15, -0.1) is 0 Å². The van der Waals surface area contributed by atoms with Crippen molar-refractivity contribution in [3.63, 3.8) is 0 Å². The van der Waals surface area contributed by atoms with Crippen molar-refractivity contribution in [1.82, 2.24) is 19.4 Å². The molecular weight excluding hydrogens is 332 g/mol. The summed E-state index contributed by atoms with van der Waals surface area (Å²) in [5.74, 6) is 7.33. The van der Waals surface area contributed by atoms with Crippen molar-refractivity contribution >= 4 is 11.3 Å². The van der Waals surface area contributed by atoms with Crippen molar-refractivity contribution < 1.29 is 0 Å². The molecule has 2 aromatic heterocycles. The highest BCUT2D eigenvalue weighted by Crippen LogP contribution is 2.41. The lowest BCUT2D eigenvalue weighted by Crippen LogP contribution is -2.44. The van der Waals surface area contributed by atoms with Crippen LogP contribution < -0.4 is 27.3 Å². The molecule has 3 N–H and O–H groups in total. The Balaban J connectivity index is 1.85. The predicted molar refractivity (Wildman–Crippen MR) is 101 cm³/mol. The Kier molecular flexibility index (Phi) is 4.02. The van der Waals surface area contributed by atoms with E-state index in [-0.39, 0.29) is 11.5 Å². The molecular formula is C18H26N6O2. The van der Waals surface area contributed by atoms with Crippen LogP contribution in [-0.2, 0) is 0 Å². The van der Waals surface area contributed by atoms with Gasteiger partial charge in [-0.25, -0.2) is 14.2 Å². The fraction of sp³-hybridized carbons (Fsp3) is 0.611. The van der Waals surface area contributed by atoms with Gasteiger partial charge in [0.05, 0.1) is 5.52 Å². The van der Waals surface area contributed by atoms with Crippen molar-refractivity contribution in [2.75, 3.05) is 30.9 Å². The summed E-state index contributed by atoms with van der Waals surface area (Å²) in [5, 5.41) is 3.33. The zero-order chi connectivity index (χ0) is 18.6. The largest absolute Gasteiger partial charge is 0.356 e. The van der Waals surface area contributed by atoms with Gasteiger partial charge in [-0.3, -0.25) is 4.79 Å². The van der Waals surface area contributed by atoms with Crippen LogP contribution in [0.3, 0.4) is 0 Å². The van der Waals surface area contributed by atoms with Crippen LogP contribution >= 0.6 is 0 Å². The Bertz CT molecular complexity index is 974. The van der Waals surface area contributed by atoms with Gasteiger partial charge in [0, 0.05) is 30.3 Å². The zero-order valence-electron chi connectivity index (χ0n) is 15.5. The van der Waals surface area contributed by atoms with Gasteiger partial charge in [0.25, 0.3) is 5.56 Å². The summed E-state index contributed by atoms with van der Waals surface area (Å²) in [6.07, 6.45) is 4.54. The van der Waals surface area contributed by atoms with Crippen LogP contribution in [-0.4, -0.2) is 40.2 Å². The van der Waals surface area contributed by atoms with Crippen LogP contribution in [0.4, 0.5) is 5.82 Å². The molecule has 1 unspecified atom stereocenters. The van der Waals surface area contributed by atoms with Gasteiger partial charge in [-0.2, -0.15) is 4.68 Å².